The van der Waals surface area contributed by atoms with Crippen LogP contribution in [0.4, 0.5) is 8.78 Å². The van der Waals surface area contributed by atoms with Crippen molar-refractivity contribution in [1.29, 1.82) is 0 Å². The van der Waals surface area contributed by atoms with E-state index in [0.29, 0.717) is 36.9 Å². The van der Waals surface area contributed by atoms with E-state index < -0.39 is 5.82 Å². The highest BCUT2D eigenvalue weighted by molar-refractivity contribution is 6.33. The number of likely N-dealkylation sites (tertiary alicyclic amines) is 2. The van der Waals surface area contributed by atoms with Crippen molar-refractivity contribution in [3.63, 3.8) is 0 Å². The Hall–Kier alpha value is -3.29. The second-order valence-corrected chi connectivity index (χ2v) is 10.2. The van der Waals surface area contributed by atoms with Crippen LogP contribution in [-0.2, 0) is 0 Å². The molecule has 3 aromatic carbocycles. The van der Waals surface area contributed by atoms with Gasteiger partial charge in [0.25, 0.3) is 11.8 Å². The average molecular weight is 524 g/mol. The molecule has 0 radical (unpaired) electrons. The van der Waals surface area contributed by atoms with E-state index in [0.717, 1.165) is 25.2 Å². The van der Waals surface area contributed by atoms with E-state index >= 15 is 0 Å². The summed E-state index contributed by atoms with van der Waals surface area (Å²) in [5, 5.41) is 3.24. The lowest BCUT2D eigenvalue weighted by Gasteiger charge is -2.25. The maximum Gasteiger partial charge on any atom is 0.258 e. The highest BCUT2D eigenvalue weighted by Gasteiger charge is 2.42. The Kier molecular flexibility index (Phi) is 7.53. The van der Waals surface area contributed by atoms with Gasteiger partial charge in [0.05, 0.1) is 16.6 Å². The predicted octanol–water partition coefficient (Wildman–Crippen LogP) is 5.18. The second kappa shape index (κ2) is 11.0. The van der Waals surface area contributed by atoms with Gasteiger partial charge in [0.2, 0.25) is 0 Å². The predicted molar refractivity (Wildman–Crippen MR) is 138 cm³/mol. The Morgan fingerprint density at radius 2 is 1.57 bits per heavy atom. The number of benzene rings is 3. The minimum Gasteiger partial charge on any atom is -0.345 e. The van der Waals surface area contributed by atoms with Crippen LogP contribution in [0.2, 0.25) is 5.02 Å². The fourth-order valence-electron chi connectivity index (χ4n) is 5.46. The summed E-state index contributed by atoms with van der Waals surface area (Å²) in [4.78, 5) is 29.9. The van der Waals surface area contributed by atoms with Gasteiger partial charge in [-0.15, -0.1) is 0 Å². The summed E-state index contributed by atoms with van der Waals surface area (Å²) in [7, 11) is 0. The van der Waals surface area contributed by atoms with Gasteiger partial charge in [0.1, 0.15) is 11.6 Å². The van der Waals surface area contributed by atoms with E-state index in [4.69, 9.17) is 11.6 Å². The number of fused-ring (bicyclic) bond motifs is 1. The van der Waals surface area contributed by atoms with Gasteiger partial charge in [-0.05, 0) is 60.2 Å². The molecule has 5 nitrogen and oxygen atoms in total. The number of amides is 2. The summed E-state index contributed by atoms with van der Waals surface area (Å²) >= 11 is 6.11. The lowest BCUT2D eigenvalue weighted by Crippen LogP contribution is -2.35. The third-order valence-electron chi connectivity index (χ3n) is 7.37. The van der Waals surface area contributed by atoms with Crippen molar-refractivity contribution in [1.82, 2.24) is 15.1 Å². The molecule has 8 heteroatoms. The number of nitrogens with one attached hydrogen (secondary N) is 1. The highest BCUT2D eigenvalue weighted by Crippen LogP contribution is 2.33. The molecule has 5 rings (SSSR count). The van der Waals surface area contributed by atoms with Gasteiger partial charge in [-0.3, -0.25) is 9.59 Å². The zero-order chi connectivity index (χ0) is 25.9. The lowest BCUT2D eigenvalue weighted by molar-refractivity contribution is 0.0769. The van der Waals surface area contributed by atoms with Crippen LogP contribution < -0.4 is 5.32 Å². The summed E-state index contributed by atoms with van der Waals surface area (Å²) in [5.74, 6) is -0.930. The summed E-state index contributed by atoms with van der Waals surface area (Å²) in [5.41, 5.74) is 1.37. The Labute approximate surface area is 220 Å². The maximum atomic E-state index is 14.3. The molecule has 2 aliphatic rings. The Morgan fingerprint density at radius 3 is 2.22 bits per heavy atom. The molecule has 2 aliphatic heterocycles. The molecule has 0 saturated carbocycles. The normalized spacial score (nSPS) is 20.0. The van der Waals surface area contributed by atoms with Crippen LogP contribution in [0.3, 0.4) is 0 Å². The Bertz CT molecular complexity index is 1240. The largest absolute Gasteiger partial charge is 0.345 e. The molecular formula is C29H28ClF2N3O2. The smallest absolute Gasteiger partial charge is 0.258 e. The molecule has 2 unspecified atom stereocenters. The van der Waals surface area contributed by atoms with Gasteiger partial charge in [0, 0.05) is 38.3 Å². The van der Waals surface area contributed by atoms with Crippen LogP contribution >= 0.6 is 11.6 Å². The molecule has 0 aromatic heterocycles. The molecule has 2 amide bonds. The summed E-state index contributed by atoms with van der Waals surface area (Å²) in [6.45, 7) is 3.62. The topological polar surface area (TPSA) is 52.7 Å². The quantitative estimate of drug-likeness (QED) is 0.464. The third kappa shape index (κ3) is 5.68. The van der Waals surface area contributed by atoms with E-state index in [2.05, 4.69) is 10.2 Å². The molecule has 0 spiro atoms. The van der Waals surface area contributed by atoms with Crippen molar-refractivity contribution in [2.24, 2.45) is 11.8 Å². The maximum absolute atomic E-state index is 14.3. The van der Waals surface area contributed by atoms with Crippen molar-refractivity contribution < 1.29 is 18.4 Å². The van der Waals surface area contributed by atoms with Gasteiger partial charge in [-0.25, -0.2) is 8.78 Å². The van der Waals surface area contributed by atoms with Crippen molar-refractivity contribution in [2.75, 3.05) is 32.7 Å². The SMILES string of the molecule is O=C(N[C@@H](CCN1CC2CN(C(=O)c3c(F)cccc3Cl)CC2C1)c1ccccc1)c1ccc(F)cc1. The first-order chi connectivity index (χ1) is 17.9. The fraction of sp³-hybridized carbons (Fsp3) is 0.310. The van der Waals surface area contributed by atoms with Crippen LogP contribution in [0.25, 0.3) is 0 Å². The first kappa shape index (κ1) is 25.4. The van der Waals surface area contributed by atoms with Crippen molar-refractivity contribution in [3.8, 4) is 0 Å². The number of carbonyl (C=O) groups excluding carboxylic acids is 2. The molecule has 2 heterocycles. The molecule has 192 valence electrons. The third-order valence-corrected chi connectivity index (χ3v) is 7.69. The number of carbonyl (C=O) groups is 2. The Balaban J connectivity index is 1.19. The van der Waals surface area contributed by atoms with Crippen LogP contribution in [0.1, 0.15) is 38.7 Å². The number of halogens is 3. The molecule has 0 aliphatic carbocycles. The second-order valence-electron chi connectivity index (χ2n) is 9.82. The average Bonchev–Trinajstić information content (AvgIpc) is 3.46. The van der Waals surface area contributed by atoms with Crippen molar-refractivity contribution in [3.05, 3.63) is 106 Å². The molecule has 3 aromatic rings. The van der Waals surface area contributed by atoms with Gasteiger partial charge < -0.3 is 15.1 Å². The van der Waals surface area contributed by atoms with Gasteiger partial charge in [-0.1, -0.05) is 48.0 Å². The van der Waals surface area contributed by atoms with Crippen LogP contribution in [0, 0.1) is 23.5 Å². The van der Waals surface area contributed by atoms with Gasteiger partial charge in [-0.2, -0.15) is 0 Å². The number of nitrogens with zero attached hydrogens (tertiary/aromatic N) is 2. The van der Waals surface area contributed by atoms with E-state index in [-0.39, 0.29) is 34.3 Å². The zero-order valence-electron chi connectivity index (χ0n) is 20.2. The summed E-state index contributed by atoms with van der Waals surface area (Å²) in [6, 6.07) is 19.4. The lowest BCUT2D eigenvalue weighted by atomic mass is 10.0. The first-order valence-electron chi connectivity index (χ1n) is 12.5. The Morgan fingerprint density at radius 1 is 0.892 bits per heavy atom. The molecule has 3 atom stereocenters. The molecule has 2 saturated heterocycles. The summed E-state index contributed by atoms with van der Waals surface area (Å²) < 4.78 is 27.5. The monoisotopic (exact) mass is 523 g/mol. The minimum atomic E-state index is -0.592. The molecule has 1 N–H and O–H groups in total. The van der Waals surface area contributed by atoms with Crippen LogP contribution in [-0.4, -0.2) is 54.3 Å². The van der Waals surface area contributed by atoms with Crippen LogP contribution in [0.15, 0.2) is 72.8 Å². The van der Waals surface area contributed by atoms with Crippen molar-refractivity contribution in [2.45, 2.75) is 12.5 Å². The van der Waals surface area contributed by atoms with Crippen LogP contribution in [0.5, 0.6) is 0 Å². The highest BCUT2D eigenvalue weighted by atomic mass is 35.5. The van der Waals surface area contributed by atoms with Crippen molar-refractivity contribution >= 4 is 23.4 Å². The van der Waals surface area contributed by atoms with E-state index in [1.165, 1.54) is 42.5 Å². The minimum absolute atomic E-state index is 0.0522. The summed E-state index contributed by atoms with van der Waals surface area (Å²) in [6.07, 6.45) is 0.712. The number of hydrogen-bond donors (Lipinski definition) is 1. The fourth-order valence-corrected chi connectivity index (χ4v) is 5.70. The van der Waals surface area contributed by atoms with E-state index in [1.807, 2.05) is 30.3 Å². The van der Waals surface area contributed by atoms with Gasteiger partial charge in [0.15, 0.2) is 0 Å². The van der Waals surface area contributed by atoms with Gasteiger partial charge >= 0.3 is 0 Å². The molecule has 0 bridgehead atoms. The molecule has 37 heavy (non-hydrogen) atoms. The van der Waals surface area contributed by atoms with E-state index in [1.54, 1.807) is 4.90 Å². The van der Waals surface area contributed by atoms with E-state index in [9.17, 15) is 18.4 Å². The number of hydrogen-bond acceptors (Lipinski definition) is 3. The first-order valence-corrected chi connectivity index (χ1v) is 12.8. The zero-order valence-corrected chi connectivity index (χ0v) is 21.0. The number of rotatable bonds is 7. The standard InChI is InChI=1S/C29H28ClF2N3O2/c30-24-7-4-8-25(32)27(24)29(37)35-17-21-15-34(16-22(21)18-35)14-13-26(19-5-2-1-3-6-19)33-28(36)20-9-11-23(31)12-10-20/h1-12,21-22,26H,13-18H2,(H,33,36)/t21?,22?,26-/m0/s1. The molecule has 2 fully saturated rings. The molecular weight excluding hydrogens is 496 g/mol.